The van der Waals surface area contributed by atoms with Gasteiger partial charge in [-0.15, -0.1) is 19.7 Å². The van der Waals surface area contributed by atoms with Crippen molar-refractivity contribution in [3.8, 4) is 0 Å². The van der Waals surface area contributed by atoms with Gasteiger partial charge in [0.1, 0.15) is 0 Å². The average molecular weight is 398 g/mol. The molecule has 1 saturated heterocycles. The van der Waals surface area contributed by atoms with Crippen LogP contribution in [0.1, 0.15) is 56.4 Å². The molecule has 0 atom stereocenters. The van der Waals surface area contributed by atoms with E-state index in [9.17, 15) is 0 Å². The summed E-state index contributed by atoms with van der Waals surface area (Å²) >= 11 is 0. The summed E-state index contributed by atoms with van der Waals surface area (Å²) < 4.78 is 0. The number of piperazine rings is 1. The number of aliphatic hydroxyl groups excluding tert-OH is 1. The summed E-state index contributed by atoms with van der Waals surface area (Å²) in [7, 11) is 2.81. The van der Waals surface area contributed by atoms with Gasteiger partial charge in [-0.25, -0.2) is 0 Å². The SMILES string of the molecule is C.C.C.C=C.C=CCCN1CCN(CN)CC1.CC.CC.CNCN.CO. The lowest BCUT2D eigenvalue weighted by molar-refractivity contribution is 0.136. The van der Waals surface area contributed by atoms with Gasteiger partial charge in [-0.3, -0.25) is 4.90 Å². The molecule has 6 nitrogen and oxygen atoms in total. The monoisotopic (exact) mass is 397 g/mol. The Morgan fingerprint density at radius 1 is 0.889 bits per heavy atom. The zero-order chi connectivity index (χ0) is 20.2. The summed E-state index contributed by atoms with van der Waals surface area (Å²) in [4.78, 5) is 4.75. The molecule has 0 aromatic heterocycles. The van der Waals surface area contributed by atoms with Crippen molar-refractivity contribution in [2.24, 2.45) is 11.5 Å². The van der Waals surface area contributed by atoms with Gasteiger partial charge in [-0.1, -0.05) is 56.1 Å². The van der Waals surface area contributed by atoms with Gasteiger partial charge >= 0.3 is 0 Å². The standard InChI is InChI=1S/C9H19N3.C2H8N2.2C2H6.C2H4.CH4O.3CH4/c1-2-3-4-11-5-7-12(9-10)8-6-11;1-4-2-3;4*1-2;;;/h2H,1,3-10H2;4H,2-3H2,1H3;2*1-2H3;1-2H2;2H,1H3;3*1H4. The van der Waals surface area contributed by atoms with E-state index < -0.39 is 0 Å². The zero-order valence-corrected chi connectivity index (χ0v) is 17.4. The summed E-state index contributed by atoms with van der Waals surface area (Å²) in [6.07, 6.45) is 3.08. The molecule has 1 aliphatic heterocycles. The average Bonchev–Trinajstić information content (AvgIpc) is 2.73. The molecule has 0 aromatic carbocycles. The first-order valence-electron chi connectivity index (χ1n) is 8.83. The molecule has 0 bridgehead atoms. The maximum atomic E-state index is 7.00. The minimum absolute atomic E-state index is 0. The largest absolute Gasteiger partial charge is 0.400 e. The second-order valence-corrected chi connectivity index (χ2v) is 3.78. The van der Waals surface area contributed by atoms with Crippen LogP contribution in [0, 0.1) is 0 Å². The normalized spacial score (nSPS) is 11.3. The van der Waals surface area contributed by atoms with Crippen LogP contribution in [-0.4, -0.2) is 75.1 Å². The van der Waals surface area contributed by atoms with Crippen molar-refractivity contribution in [2.45, 2.75) is 56.4 Å². The third kappa shape index (κ3) is 51.7. The molecule has 0 amide bonds. The number of nitrogens with zero attached hydrogens (tertiary/aromatic N) is 2. The van der Waals surface area contributed by atoms with Crippen molar-refractivity contribution in [3.63, 3.8) is 0 Å². The second-order valence-electron chi connectivity index (χ2n) is 3.78. The van der Waals surface area contributed by atoms with E-state index in [0.717, 1.165) is 46.3 Å². The lowest BCUT2D eigenvalue weighted by Gasteiger charge is -2.33. The van der Waals surface area contributed by atoms with E-state index in [-0.39, 0.29) is 22.3 Å². The minimum atomic E-state index is 0. The van der Waals surface area contributed by atoms with Crippen LogP contribution in [-0.2, 0) is 0 Å². The second kappa shape index (κ2) is 63.9. The van der Waals surface area contributed by atoms with Gasteiger partial charge in [0, 0.05) is 53.2 Å². The summed E-state index contributed by atoms with van der Waals surface area (Å²) in [5.74, 6) is 0. The van der Waals surface area contributed by atoms with Crippen molar-refractivity contribution in [2.75, 3.05) is 60.2 Å². The van der Waals surface area contributed by atoms with E-state index in [1.54, 1.807) is 7.05 Å². The van der Waals surface area contributed by atoms with Crippen molar-refractivity contribution in [1.82, 2.24) is 15.1 Å². The van der Waals surface area contributed by atoms with Gasteiger partial charge < -0.3 is 26.8 Å². The molecule has 0 aromatic rings. The van der Waals surface area contributed by atoms with Crippen LogP contribution < -0.4 is 16.8 Å². The van der Waals surface area contributed by atoms with Gasteiger partial charge in [0.2, 0.25) is 0 Å². The van der Waals surface area contributed by atoms with Gasteiger partial charge in [0.05, 0.1) is 0 Å². The molecule has 1 heterocycles. The molecule has 1 fully saturated rings. The molecule has 27 heavy (non-hydrogen) atoms. The molecule has 0 aliphatic carbocycles. The van der Waals surface area contributed by atoms with Crippen molar-refractivity contribution in [3.05, 3.63) is 25.8 Å². The highest BCUT2D eigenvalue weighted by atomic mass is 16.2. The molecule has 6 N–H and O–H groups in total. The van der Waals surface area contributed by atoms with Crippen LogP contribution in [0.4, 0.5) is 0 Å². The highest BCUT2D eigenvalue weighted by Gasteiger charge is 2.13. The number of nitrogens with one attached hydrogen (secondary N) is 1. The summed E-state index contributed by atoms with van der Waals surface area (Å²) in [6.45, 7) is 24.7. The molecular weight excluding hydrogens is 338 g/mol. The van der Waals surface area contributed by atoms with Crippen LogP contribution in [0.25, 0.3) is 0 Å². The molecule has 1 aliphatic rings. The molecule has 0 unspecified atom stereocenters. The Morgan fingerprint density at radius 3 is 1.41 bits per heavy atom. The fraction of sp³-hybridized carbons (Fsp3) is 0.810. The first-order chi connectivity index (χ1) is 11.8. The van der Waals surface area contributed by atoms with Crippen LogP contribution in [0.15, 0.2) is 25.8 Å². The van der Waals surface area contributed by atoms with Crippen LogP contribution >= 0.6 is 0 Å². The number of nitrogens with two attached hydrogens (primary N) is 2. The number of hydrogen-bond donors (Lipinski definition) is 4. The van der Waals surface area contributed by atoms with E-state index in [1.807, 2.05) is 33.8 Å². The van der Waals surface area contributed by atoms with E-state index in [4.69, 9.17) is 16.6 Å². The molecule has 0 saturated carbocycles. The van der Waals surface area contributed by atoms with E-state index in [1.165, 1.54) is 0 Å². The predicted molar refractivity (Wildman–Crippen MR) is 132 cm³/mol. The summed E-state index contributed by atoms with van der Waals surface area (Å²) in [6, 6.07) is 0. The highest BCUT2D eigenvalue weighted by molar-refractivity contribution is 4.74. The van der Waals surface area contributed by atoms with Crippen LogP contribution in [0.2, 0.25) is 0 Å². The van der Waals surface area contributed by atoms with Gasteiger partial charge in [0.15, 0.2) is 0 Å². The van der Waals surface area contributed by atoms with E-state index >= 15 is 0 Å². The zero-order valence-electron chi connectivity index (χ0n) is 17.4. The Morgan fingerprint density at radius 2 is 1.19 bits per heavy atom. The third-order valence-electron chi connectivity index (χ3n) is 2.58. The maximum absolute atomic E-state index is 7.00. The highest BCUT2D eigenvalue weighted by Crippen LogP contribution is 2.00. The fourth-order valence-corrected chi connectivity index (χ4v) is 1.47. The molecule has 0 radical (unpaired) electrons. The lowest BCUT2D eigenvalue weighted by atomic mass is 10.3. The van der Waals surface area contributed by atoms with Crippen molar-refractivity contribution < 1.29 is 5.11 Å². The first-order valence-corrected chi connectivity index (χ1v) is 8.83. The topological polar surface area (TPSA) is 90.8 Å². The number of rotatable bonds is 5. The molecule has 174 valence electrons. The molecular formula is C21H59N5O. The van der Waals surface area contributed by atoms with Gasteiger partial charge in [-0.2, -0.15) is 0 Å². The Bertz CT molecular complexity index is 174. The summed E-state index contributed by atoms with van der Waals surface area (Å²) in [5, 5.41) is 9.71. The Kier molecular flexibility index (Phi) is 119. The van der Waals surface area contributed by atoms with E-state index in [0.29, 0.717) is 13.3 Å². The minimum Gasteiger partial charge on any atom is -0.400 e. The van der Waals surface area contributed by atoms with Gasteiger partial charge in [-0.05, 0) is 13.5 Å². The smallest absolute Gasteiger partial charge is 0.0456 e. The number of hydrogen-bond acceptors (Lipinski definition) is 6. The Hall–Kier alpha value is -0.760. The summed E-state index contributed by atoms with van der Waals surface area (Å²) in [5.41, 5.74) is 10.5. The van der Waals surface area contributed by atoms with Crippen LogP contribution in [0.5, 0.6) is 0 Å². The third-order valence-corrected chi connectivity index (χ3v) is 2.58. The molecule has 1 rings (SSSR count). The lowest BCUT2D eigenvalue weighted by Crippen LogP contribution is -2.48. The van der Waals surface area contributed by atoms with Gasteiger partial charge in [0.25, 0.3) is 0 Å². The van der Waals surface area contributed by atoms with Crippen LogP contribution in [0.3, 0.4) is 0 Å². The molecule has 0 spiro atoms. The molecule has 6 heteroatoms. The first kappa shape index (κ1) is 50.2. The predicted octanol–water partition coefficient (Wildman–Crippen LogP) is 3.59. The quantitative estimate of drug-likeness (QED) is 0.419. The Labute approximate surface area is 174 Å². The fourth-order valence-electron chi connectivity index (χ4n) is 1.47. The van der Waals surface area contributed by atoms with E-state index in [2.05, 4.69) is 34.9 Å². The maximum Gasteiger partial charge on any atom is 0.0456 e. The number of aliphatic hydroxyl groups is 1. The van der Waals surface area contributed by atoms with Crippen molar-refractivity contribution >= 4 is 0 Å². The van der Waals surface area contributed by atoms with Crippen molar-refractivity contribution in [1.29, 1.82) is 0 Å². The Balaban J connectivity index is -0.0000000345.